The van der Waals surface area contributed by atoms with Gasteiger partial charge in [-0.05, 0) is 58.4 Å². The van der Waals surface area contributed by atoms with E-state index in [2.05, 4.69) is 26.3 Å². The lowest BCUT2D eigenvalue weighted by molar-refractivity contribution is 0.102. The zero-order chi connectivity index (χ0) is 18.5. The number of aromatic nitrogens is 2. The summed E-state index contributed by atoms with van der Waals surface area (Å²) in [4.78, 5) is 12.5. The Labute approximate surface area is 159 Å². The molecule has 26 heavy (non-hydrogen) atoms. The fraction of sp³-hybridized carbons (Fsp3) is 0.158. The molecule has 6 nitrogen and oxygen atoms in total. The van der Waals surface area contributed by atoms with Crippen LogP contribution in [0.5, 0.6) is 11.5 Å². The Bertz CT molecular complexity index is 924. The van der Waals surface area contributed by atoms with Crippen molar-refractivity contribution in [2.24, 2.45) is 7.05 Å². The second-order valence-corrected chi connectivity index (χ2v) is 5.95. The number of hydrogen-bond donors (Lipinski definition) is 1. The number of ether oxygens (including phenoxy) is 2. The fourth-order valence-electron chi connectivity index (χ4n) is 2.60. The summed E-state index contributed by atoms with van der Waals surface area (Å²) in [7, 11) is 3.43. The van der Waals surface area contributed by atoms with E-state index in [1.165, 1.54) is 0 Å². The lowest BCUT2D eigenvalue weighted by atomic mass is 10.1. The molecule has 1 amide bonds. The van der Waals surface area contributed by atoms with Crippen LogP contribution in [0.4, 0.5) is 5.69 Å². The minimum absolute atomic E-state index is 0.214. The van der Waals surface area contributed by atoms with Gasteiger partial charge in [0.15, 0.2) is 0 Å². The number of carbonyl (C=O) groups is 1. The van der Waals surface area contributed by atoms with E-state index in [4.69, 9.17) is 9.47 Å². The van der Waals surface area contributed by atoms with Crippen LogP contribution in [0.3, 0.4) is 0 Å². The molecule has 1 heterocycles. The molecule has 134 valence electrons. The molecule has 1 aromatic heterocycles. The summed E-state index contributed by atoms with van der Waals surface area (Å²) in [5.74, 6) is 1.12. The molecule has 3 rings (SSSR count). The SMILES string of the molecule is COc1cccc(C(=O)Nc2ccc(OCBr)c(-c3ccnn3C)c2)c1. The first kappa shape index (κ1) is 18.0. The van der Waals surface area contributed by atoms with Gasteiger partial charge in [0.1, 0.15) is 17.0 Å². The highest BCUT2D eigenvalue weighted by Gasteiger charge is 2.13. The van der Waals surface area contributed by atoms with Crippen LogP contribution in [0, 0.1) is 0 Å². The topological polar surface area (TPSA) is 65.4 Å². The minimum atomic E-state index is -0.214. The number of alkyl halides is 1. The molecule has 0 aliphatic carbocycles. The predicted molar refractivity (Wildman–Crippen MR) is 104 cm³/mol. The van der Waals surface area contributed by atoms with Crippen molar-refractivity contribution in [2.45, 2.75) is 0 Å². The Kier molecular flexibility index (Phi) is 5.58. The zero-order valence-corrected chi connectivity index (χ0v) is 16.0. The van der Waals surface area contributed by atoms with Crippen molar-refractivity contribution >= 4 is 27.5 Å². The Hall–Kier alpha value is -2.80. The van der Waals surface area contributed by atoms with Gasteiger partial charge in [0.25, 0.3) is 5.91 Å². The molecule has 0 fully saturated rings. The van der Waals surface area contributed by atoms with E-state index in [1.54, 1.807) is 48.3 Å². The van der Waals surface area contributed by atoms with Crippen molar-refractivity contribution in [1.29, 1.82) is 0 Å². The number of anilines is 1. The first-order valence-corrected chi connectivity index (χ1v) is 9.01. The zero-order valence-electron chi connectivity index (χ0n) is 14.4. The maximum Gasteiger partial charge on any atom is 0.255 e. The van der Waals surface area contributed by atoms with Gasteiger partial charge in [-0.15, -0.1) is 0 Å². The lowest BCUT2D eigenvalue weighted by Gasteiger charge is -2.13. The number of nitrogens with zero attached hydrogens (tertiary/aromatic N) is 2. The molecular formula is C19H18BrN3O3. The third kappa shape index (κ3) is 3.88. The molecule has 0 atom stereocenters. The van der Waals surface area contributed by atoms with Crippen molar-refractivity contribution < 1.29 is 14.3 Å². The molecule has 0 aliphatic rings. The number of halogens is 1. The van der Waals surface area contributed by atoms with E-state index in [1.807, 2.05) is 25.2 Å². The minimum Gasteiger partial charge on any atom is -0.497 e. The standard InChI is InChI=1S/C19H18BrN3O3/c1-23-17(8-9-21-23)16-11-14(6-7-18(16)26-12-20)22-19(24)13-4-3-5-15(10-13)25-2/h3-11H,12H2,1-2H3,(H,22,24). The van der Waals surface area contributed by atoms with Gasteiger partial charge in [0.05, 0.1) is 12.8 Å². The van der Waals surface area contributed by atoms with Crippen molar-refractivity contribution in [3.63, 3.8) is 0 Å². The summed E-state index contributed by atoms with van der Waals surface area (Å²) in [5.41, 5.74) is 3.28. The van der Waals surface area contributed by atoms with Crippen molar-refractivity contribution in [3.05, 3.63) is 60.3 Å². The molecule has 0 unspecified atom stereocenters. The summed E-state index contributed by atoms with van der Waals surface area (Å²) in [6.07, 6.45) is 1.72. The number of nitrogens with one attached hydrogen (secondary N) is 1. The molecule has 7 heteroatoms. The monoisotopic (exact) mass is 415 g/mol. The van der Waals surface area contributed by atoms with Crippen LogP contribution in [0.15, 0.2) is 54.7 Å². The van der Waals surface area contributed by atoms with Gasteiger partial charge in [-0.3, -0.25) is 9.48 Å². The molecule has 0 bridgehead atoms. The molecular weight excluding hydrogens is 398 g/mol. The largest absolute Gasteiger partial charge is 0.497 e. The predicted octanol–water partition coefficient (Wildman–Crippen LogP) is 4.08. The highest BCUT2D eigenvalue weighted by Crippen LogP contribution is 2.33. The normalized spacial score (nSPS) is 10.4. The van der Waals surface area contributed by atoms with E-state index in [0.29, 0.717) is 28.3 Å². The van der Waals surface area contributed by atoms with Crippen molar-refractivity contribution in [2.75, 3.05) is 17.9 Å². The molecule has 0 radical (unpaired) electrons. The van der Waals surface area contributed by atoms with Crippen molar-refractivity contribution in [3.8, 4) is 22.8 Å². The van der Waals surface area contributed by atoms with Crippen LogP contribution >= 0.6 is 15.9 Å². The van der Waals surface area contributed by atoms with Crippen LogP contribution < -0.4 is 14.8 Å². The lowest BCUT2D eigenvalue weighted by Crippen LogP contribution is -2.12. The van der Waals surface area contributed by atoms with Gasteiger partial charge >= 0.3 is 0 Å². The van der Waals surface area contributed by atoms with Crippen LogP contribution in [0.1, 0.15) is 10.4 Å². The first-order valence-electron chi connectivity index (χ1n) is 7.89. The summed E-state index contributed by atoms with van der Waals surface area (Å²) in [6, 6.07) is 14.4. The van der Waals surface area contributed by atoms with Crippen LogP contribution in [-0.4, -0.2) is 28.3 Å². The van der Waals surface area contributed by atoms with Crippen LogP contribution in [0.2, 0.25) is 0 Å². The first-order chi connectivity index (χ1) is 12.6. The molecule has 2 aromatic carbocycles. The molecule has 0 saturated carbocycles. The highest BCUT2D eigenvalue weighted by atomic mass is 79.9. The van der Waals surface area contributed by atoms with E-state index in [0.717, 1.165) is 11.3 Å². The number of hydrogen-bond acceptors (Lipinski definition) is 4. The number of amides is 1. The Morgan fingerprint density at radius 3 is 2.77 bits per heavy atom. The Morgan fingerprint density at radius 1 is 1.23 bits per heavy atom. The van der Waals surface area contributed by atoms with Gasteiger partial charge in [-0.25, -0.2) is 0 Å². The average Bonchev–Trinajstić information content (AvgIpc) is 3.09. The maximum absolute atomic E-state index is 12.5. The van der Waals surface area contributed by atoms with Crippen LogP contribution in [0.25, 0.3) is 11.3 Å². The van der Waals surface area contributed by atoms with E-state index < -0.39 is 0 Å². The number of benzene rings is 2. The van der Waals surface area contributed by atoms with Gasteiger partial charge in [0, 0.05) is 30.1 Å². The van der Waals surface area contributed by atoms with Crippen LogP contribution in [-0.2, 0) is 7.05 Å². The van der Waals surface area contributed by atoms with Gasteiger partial charge in [-0.1, -0.05) is 6.07 Å². The number of carbonyl (C=O) groups excluding carboxylic acids is 1. The average molecular weight is 416 g/mol. The molecule has 3 aromatic rings. The summed E-state index contributed by atoms with van der Waals surface area (Å²) in [5, 5.41) is 7.11. The van der Waals surface area contributed by atoms with Crippen molar-refractivity contribution in [1.82, 2.24) is 9.78 Å². The van der Waals surface area contributed by atoms with E-state index in [9.17, 15) is 4.79 Å². The molecule has 0 aliphatic heterocycles. The van der Waals surface area contributed by atoms with Gasteiger partial charge in [-0.2, -0.15) is 5.10 Å². The number of methoxy groups -OCH3 is 1. The number of rotatable bonds is 6. The highest BCUT2D eigenvalue weighted by molar-refractivity contribution is 9.09. The Morgan fingerprint density at radius 2 is 2.08 bits per heavy atom. The summed E-state index contributed by atoms with van der Waals surface area (Å²) >= 11 is 3.28. The third-order valence-electron chi connectivity index (χ3n) is 3.88. The van der Waals surface area contributed by atoms with Gasteiger partial charge in [0.2, 0.25) is 0 Å². The molecule has 0 spiro atoms. The second kappa shape index (κ2) is 8.05. The third-order valence-corrected chi connectivity index (χ3v) is 4.11. The number of aryl methyl sites for hydroxylation is 1. The quantitative estimate of drug-likeness (QED) is 0.615. The van der Waals surface area contributed by atoms with Gasteiger partial charge < -0.3 is 14.8 Å². The maximum atomic E-state index is 12.5. The Balaban J connectivity index is 1.91. The molecule has 1 N–H and O–H groups in total. The van der Waals surface area contributed by atoms with E-state index >= 15 is 0 Å². The summed E-state index contributed by atoms with van der Waals surface area (Å²) < 4.78 is 12.6. The fourth-order valence-corrected chi connectivity index (χ4v) is 2.84. The second-order valence-electron chi connectivity index (χ2n) is 5.49. The smallest absolute Gasteiger partial charge is 0.255 e. The molecule has 0 saturated heterocycles. The van der Waals surface area contributed by atoms with E-state index in [-0.39, 0.29) is 5.91 Å². The summed E-state index contributed by atoms with van der Waals surface area (Å²) in [6.45, 7) is 0.